The van der Waals surface area contributed by atoms with Crippen LogP contribution in [0.25, 0.3) is 0 Å². The summed E-state index contributed by atoms with van der Waals surface area (Å²) in [5.41, 5.74) is 13.9. The van der Waals surface area contributed by atoms with Crippen LogP contribution in [0.1, 0.15) is 15.9 Å². The molecule has 0 saturated heterocycles. The summed E-state index contributed by atoms with van der Waals surface area (Å²) in [5, 5.41) is 3.44. The van der Waals surface area contributed by atoms with E-state index in [9.17, 15) is 4.79 Å². The maximum atomic E-state index is 11.5. The van der Waals surface area contributed by atoms with Crippen LogP contribution >= 0.6 is 11.6 Å². The largest absolute Gasteiger partial charge is 0.399 e. The second-order valence-corrected chi connectivity index (χ2v) is 4.96. The van der Waals surface area contributed by atoms with Gasteiger partial charge in [-0.05, 0) is 29.8 Å². The van der Waals surface area contributed by atoms with Crippen molar-refractivity contribution in [1.29, 1.82) is 0 Å². The van der Waals surface area contributed by atoms with Crippen LogP contribution in [0.4, 0.5) is 17.1 Å². The van der Waals surface area contributed by atoms with E-state index in [0.717, 1.165) is 11.3 Å². The zero-order chi connectivity index (χ0) is 15.4. The van der Waals surface area contributed by atoms with Crippen molar-refractivity contribution in [2.45, 2.75) is 6.61 Å². The average Bonchev–Trinajstić information content (AvgIpc) is 2.42. The minimum Gasteiger partial charge on any atom is -0.399 e. The second-order valence-electron chi connectivity index (χ2n) is 4.55. The highest BCUT2D eigenvalue weighted by Gasteiger charge is 2.13. The van der Waals surface area contributed by atoms with Gasteiger partial charge < -0.3 is 21.5 Å². The molecule has 0 aliphatic rings. The van der Waals surface area contributed by atoms with Crippen molar-refractivity contribution < 1.29 is 9.53 Å². The predicted molar refractivity (Wildman–Crippen MR) is 84.8 cm³/mol. The Hall–Kier alpha value is -2.24. The van der Waals surface area contributed by atoms with Gasteiger partial charge in [-0.1, -0.05) is 23.7 Å². The Morgan fingerprint density at radius 2 is 2.10 bits per heavy atom. The number of hydrogen-bond acceptors (Lipinski definition) is 4. The lowest BCUT2D eigenvalue weighted by Crippen LogP contribution is -2.14. The van der Waals surface area contributed by atoms with Gasteiger partial charge in [0.15, 0.2) is 0 Å². The minimum absolute atomic E-state index is 0.247. The smallest absolute Gasteiger partial charge is 0.250 e. The third-order valence-corrected chi connectivity index (χ3v) is 3.18. The molecular weight excluding hydrogens is 290 g/mol. The van der Waals surface area contributed by atoms with Gasteiger partial charge in [-0.15, -0.1) is 0 Å². The zero-order valence-corrected chi connectivity index (χ0v) is 12.3. The molecular formula is C15H16ClN3O2. The van der Waals surface area contributed by atoms with Crippen LogP contribution in [-0.4, -0.2) is 13.0 Å². The highest BCUT2D eigenvalue weighted by atomic mass is 35.5. The summed E-state index contributed by atoms with van der Waals surface area (Å²) in [6.07, 6.45) is 0. The molecule has 0 saturated carbocycles. The molecule has 0 aliphatic carbocycles. The third kappa shape index (κ3) is 3.65. The molecule has 2 aromatic carbocycles. The number of ether oxygens (including phenoxy) is 1. The Morgan fingerprint density at radius 1 is 1.33 bits per heavy atom. The summed E-state index contributed by atoms with van der Waals surface area (Å²) in [6, 6.07) is 10.6. The van der Waals surface area contributed by atoms with Crippen LogP contribution in [-0.2, 0) is 11.3 Å². The van der Waals surface area contributed by atoms with Crippen LogP contribution in [0.5, 0.6) is 0 Å². The van der Waals surface area contributed by atoms with Crippen molar-refractivity contribution in [2.24, 2.45) is 5.73 Å². The normalized spacial score (nSPS) is 10.4. The van der Waals surface area contributed by atoms with Crippen molar-refractivity contribution in [1.82, 2.24) is 0 Å². The molecule has 6 heteroatoms. The summed E-state index contributed by atoms with van der Waals surface area (Å²) in [7, 11) is 1.63. The van der Waals surface area contributed by atoms with Crippen LogP contribution < -0.4 is 16.8 Å². The molecule has 2 rings (SSSR count). The van der Waals surface area contributed by atoms with Gasteiger partial charge in [-0.3, -0.25) is 4.79 Å². The Bertz CT molecular complexity index is 674. The number of primary amides is 1. The Balaban J connectivity index is 2.39. The van der Waals surface area contributed by atoms with E-state index >= 15 is 0 Å². The van der Waals surface area contributed by atoms with Crippen molar-refractivity contribution in [3.63, 3.8) is 0 Å². The fourth-order valence-electron chi connectivity index (χ4n) is 2.00. The van der Waals surface area contributed by atoms with Crippen LogP contribution in [0.2, 0.25) is 5.02 Å². The number of halogens is 1. The average molecular weight is 306 g/mol. The van der Waals surface area contributed by atoms with E-state index < -0.39 is 5.91 Å². The van der Waals surface area contributed by atoms with Crippen LogP contribution in [0, 0.1) is 0 Å². The second kappa shape index (κ2) is 6.47. The monoisotopic (exact) mass is 305 g/mol. The Labute approximate surface area is 127 Å². The molecule has 0 spiro atoms. The molecule has 5 nitrogen and oxygen atoms in total. The number of amides is 1. The summed E-state index contributed by atoms with van der Waals surface area (Å²) in [6.45, 7) is 0.494. The first kappa shape index (κ1) is 15.2. The lowest BCUT2D eigenvalue weighted by Gasteiger charge is -2.14. The van der Waals surface area contributed by atoms with E-state index in [4.69, 9.17) is 27.8 Å². The fourth-order valence-corrected chi connectivity index (χ4v) is 2.27. The van der Waals surface area contributed by atoms with E-state index in [1.165, 1.54) is 6.07 Å². The van der Waals surface area contributed by atoms with Gasteiger partial charge in [-0.25, -0.2) is 0 Å². The molecule has 1 amide bonds. The number of carbonyl (C=O) groups is 1. The minimum atomic E-state index is -0.597. The molecule has 0 fully saturated rings. The van der Waals surface area contributed by atoms with Crippen LogP contribution in [0.15, 0.2) is 36.4 Å². The van der Waals surface area contributed by atoms with E-state index in [1.54, 1.807) is 13.2 Å². The maximum absolute atomic E-state index is 11.5. The molecule has 0 heterocycles. The number of nitrogens with two attached hydrogens (primary N) is 2. The molecule has 2 aromatic rings. The Morgan fingerprint density at radius 3 is 2.76 bits per heavy atom. The fraction of sp³-hybridized carbons (Fsp3) is 0.133. The molecule has 0 aromatic heterocycles. The van der Waals surface area contributed by atoms with Gasteiger partial charge in [0.1, 0.15) is 0 Å². The number of carbonyl (C=O) groups excluding carboxylic acids is 1. The van der Waals surface area contributed by atoms with Crippen molar-refractivity contribution in [2.75, 3.05) is 18.2 Å². The van der Waals surface area contributed by atoms with Crippen molar-refractivity contribution in [3.8, 4) is 0 Å². The first-order chi connectivity index (χ1) is 10.0. The van der Waals surface area contributed by atoms with Gasteiger partial charge in [0.25, 0.3) is 5.91 Å². The molecule has 110 valence electrons. The first-order valence-corrected chi connectivity index (χ1v) is 6.62. The molecule has 0 radical (unpaired) electrons. The molecule has 0 atom stereocenters. The van der Waals surface area contributed by atoms with Gasteiger partial charge in [0, 0.05) is 18.5 Å². The zero-order valence-electron chi connectivity index (χ0n) is 11.5. The van der Waals surface area contributed by atoms with E-state index in [0.29, 0.717) is 23.0 Å². The summed E-state index contributed by atoms with van der Waals surface area (Å²) >= 11 is 6.15. The number of anilines is 3. The van der Waals surface area contributed by atoms with E-state index in [1.807, 2.05) is 24.3 Å². The molecule has 0 bridgehead atoms. The van der Waals surface area contributed by atoms with Crippen molar-refractivity contribution >= 4 is 34.6 Å². The van der Waals surface area contributed by atoms with Crippen LogP contribution in [0.3, 0.4) is 0 Å². The van der Waals surface area contributed by atoms with Gasteiger partial charge in [0.05, 0.1) is 22.9 Å². The standard InChI is InChI=1S/C15H16ClN3O2/c1-21-8-9-3-2-4-11(5-9)19-14-12(15(18)20)6-10(17)7-13(14)16/h2-7,19H,8,17H2,1H3,(H2,18,20). The first-order valence-electron chi connectivity index (χ1n) is 6.25. The van der Waals surface area contributed by atoms with Crippen molar-refractivity contribution in [3.05, 3.63) is 52.5 Å². The topological polar surface area (TPSA) is 90.4 Å². The molecule has 21 heavy (non-hydrogen) atoms. The van der Waals surface area contributed by atoms with Gasteiger partial charge in [-0.2, -0.15) is 0 Å². The Kier molecular flexibility index (Phi) is 4.67. The summed E-state index contributed by atoms with van der Waals surface area (Å²) in [5.74, 6) is -0.597. The number of nitrogen functional groups attached to an aromatic ring is 1. The third-order valence-electron chi connectivity index (χ3n) is 2.89. The lowest BCUT2D eigenvalue weighted by atomic mass is 10.1. The number of hydrogen-bond donors (Lipinski definition) is 3. The van der Waals surface area contributed by atoms with E-state index in [2.05, 4.69) is 5.32 Å². The summed E-state index contributed by atoms with van der Waals surface area (Å²) < 4.78 is 5.09. The maximum Gasteiger partial charge on any atom is 0.250 e. The molecule has 0 unspecified atom stereocenters. The van der Waals surface area contributed by atoms with Gasteiger partial charge in [0.2, 0.25) is 0 Å². The molecule has 5 N–H and O–H groups in total. The van der Waals surface area contributed by atoms with E-state index in [-0.39, 0.29) is 5.56 Å². The molecule has 0 aliphatic heterocycles. The van der Waals surface area contributed by atoms with Gasteiger partial charge >= 0.3 is 0 Å². The summed E-state index contributed by atoms with van der Waals surface area (Å²) in [4.78, 5) is 11.5. The number of nitrogens with one attached hydrogen (secondary N) is 1. The lowest BCUT2D eigenvalue weighted by molar-refractivity contribution is 0.100. The predicted octanol–water partition coefficient (Wildman–Crippen LogP) is 2.91. The number of benzene rings is 2. The number of rotatable bonds is 5. The highest BCUT2D eigenvalue weighted by molar-refractivity contribution is 6.34. The quantitative estimate of drug-likeness (QED) is 0.741. The number of methoxy groups -OCH3 is 1. The highest BCUT2D eigenvalue weighted by Crippen LogP contribution is 2.31. The SMILES string of the molecule is COCc1cccc(Nc2c(Cl)cc(N)cc2C(N)=O)c1.